The average Bonchev–Trinajstić information content (AvgIpc) is 2.71. The lowest BCUT2D eigenvalue weighted by molar-refractivity contribution is -0.140. The highest BCUT2D eigenvalue weighted by Crippen LogP contribution is 2.35. The van der Waals surface area contributed by atoms with E-state index in [1.54, 1.807) is 30.3 Å². The molecule has 1 aliphatic rings. The lowest BCUT2D eigenvalue weighted by atomic mass is 9.92. The number of primary amides is 1. The first-order valence-corrected chi connectivity index (χ1v) is 8.99. The Morgan fingerprint density at radius 3 is 2.31 bits per heavy atom. The first-order valence-electron chi connectivity index (χ1n) is 8.99. The van der Waals surface area contributed by atoms with Crippen LogP contribution in [-0.4, -0.2) is 48.1 Å². The fraction of sp³-hybridized carbons (Fsp3) is 0.286. The molecule has 0 fully saturated rings. The monoisotopic (exact) mass is 398 g/mol. The molecule has 3 rings (SSSR count). The van der Waals surface area contributed by atoms with Crippen molar-refractivity contribution in [2.45, 2.75) is 25.4 Å². The van der Waals surface area contributed by atoms with Gasteiger partial charge in [-0.15, -0.1) is 0 Å². The van der Waals surface area contributed by atoms with Crippen LogP contribution in [0.5, 0.6) is 11.5 Å². The molecule has 0 saturated carbocycles. The molecule has 3 N–H and O–H groups in total. The fourth-order valence-electron chi connectivity index (χ4n) is 3.58. The maximum atomic E-state index is 13.0. The summed E-state index contributed by atoms with van der Waals surface area (Å²) in [6, 6.07) is 9.03. The van der Waals surface area contributed by atoms with Crippen LogP contribution in [-0.2, 0) is 29.0 Å². The van der Waals surface area contributed by atoms with E-state index in [0.717, 1.165) is 11.1 Å². The highest BCUT2D eigenvalue weighted by atomic mass is 16.5. The van der Waals surface area contributed by atoms with Gasteiger partial charge in [-0.05, 0) is 34.9 Å². The molecule has 0 unspecified atom stereocenters. The minimum atomic E-state index is -1.11. The van der Waals surface area contributed by atoms with Crippen LogP contribution < -0.4 is 15.2 Å². The number of carbonyl (C=O) groups excluding carboxylic acids is 2. The van der Waals surface area contributed by atoms with Crippen molar-refractivity contribution in [3.05, 3.63) is 58.7 Å². The highest BCUT2D eigenvalue weighted by Gasteiger charge is 2.34. The Morgan fingerprint density at radius 1 is 1.10 bits per heavy atom. The van der Waals surface area contributed by atoms with Crippen LogP contribution in [0.2, 0.25) is 0 Å². The van der Waals surface area contributed by atoms with Crippen LogP contribution in [0.4, 0.5) is 0 Å². The number of amides is 2. The number of benzene rings is 2. The highest BCUT2D eigenvalue weighted by molar-refractivity contribution is 5.93. The van der Waals surface area contributed by atoms with E-state index in [2.05, 4.69) is 0 Å². The normalized spacial score (nSPS) is 15.4. The van der Waals surface area contributed by atoms with Crippen LogP contribution in [0.3, 0.4) is 0 Å². The maximum absolute atomic E-state index is 13.0. The van der Waals surface area contributed by atoms with Crippen LogP contribution in [0, 0.1) is 0 Å². The van der Waals surface area contributed by atoms with E-state index in [1.165, 1.54) is 25.2 Å². The second-order valence-corrected chi connectivity index (χ2v) is 6.76. The second-order valence-electron chi connectivity index (χ2n) is 6.76. The van der Waals surface area contributed by atoms with E-state index in [4.69, 9.17) is 15.2 Å². The van der Waals surface area contributed by atoms with Crippen molar-refractivity contribution in [2.75, 3.05) is 14.2 Å². The zero-order valence-electron chi connectivity index (χ0n) is 16.2. The molecule has 1 heterocycles. The first kappa shape index (κ1) is 20.2. The average molecular weight is 398 g/mol. The topological polar surface area (TPSA) is 119 Å². The van der Waals surface area contributed by atoms with Gasteiger partial charge in [-0.1, -0.05) is 18.2 Å². The molecule has 2 aromatic carbocycles. The Kier molecular flexibility index (Phi) is 5.72. The minimum absolute atomic E-state index is 0.0558. The summed E-state index contributed by atoms with van der Waals surface area (Å²) in [6.45, 7) is 0.164. The Morgan fingerprint density at radius 2 is 1.72 bits per heavy atom. The van der Waals surface area contributed by atoms with Gasteiger partial charge in [0, 0.05) is 13.0 Å². The van der Waals surface area contributed by atoms with Gasteiger partial charge in [-0.2, -0.15) is 0 Å². The molecule has 8 nitrogen and oxygen atoms in total. The molecule has 2 aromatic rings. The van der Waals surface area contributed by atoms with Crippen molar-refractivity contribution in [1.82, 2.24) is 4.90 Å². The molecular formula is C21H22N2O6. The van der Waals surface area contributed by atoms with E-state index in [1.807, 2.05) is 0 Å². The standard InChI is InChI=1S/C21H22N2O6/c1-28-17-8-13-7-16(20(22)25)23(11-14(13)9-18(17)29-2)19(24)10-12-5-3-4-6-15(12)21(26)27/h3-6,8-9,16H,7,10-11H2,1-2H3,(H2,22,25)(H,26,27)/t16-/m0/s1. The van der Waals surface area contributed by atoms with Crippen molar-refractivity contribution >= 4 is 17.8 Å². The van der Waals surface area contributed by atoms with Gasteiger partial charge >= 0.3 is 5.97 Å². The van der Waals surface area contributed by atoms with Gasteiger partial charge in [-0.3, -0.25) is 9.59 Å². The van der Waals surface area contributed by atoms with E-state index in [9.17, 15) is 19.5 Å². The molecule has 0 bridgehead atoms. The molecular weight excluding hydrogens is 376 g/mol. The van der Waals surface area contributed by atoms with E-state index >= 15 is 0 Å². The molecule has 152 valence electrons. The Labute approximate surface area is 167 Å². The predicted molar refractivity (Wildman–Crippen MR) is 104 cm³/mol. The number of carboxylic acid groups (broad SMARTS) is 1. The molecule has 1 atom stereocenters. The fourth-order valence-corrected chi connectivity index (χ4v) is 3.58. The van der Waals surface area contributed by atoms with Crippen LogP contribution in [0.15, 0.2) is 36.4 Å². The van der Waals surface area contributed by atoms with E-state index in [0.29, 0.717) is 17.1 Å². The molecule has 29 heavy (non-hydrogen) atoms. The summed E-state index contributed by atoms with van der Waals surface area (Å²) in [4.78, 5) is 37.9. The first-order chi connectivity index (χ1) is 13.8. The number of aromatic carboxylic acids is 1. The van der Waals surface area contributed by atoms with Crippen molar-refractivity contribution in [3.8, 4) is 11.5 Å². The Hall–Kier alpha value is -3.55. The number of ether oxygens (including phenoxy) is 2. The summed E-state index contributed by atoms with van der Waals surface area (Å²) < 4.78 is 10.6. The molecule has 1 aliphatic heterocycles. The number of rotatable bonds is 6. The molecule has 0 spiro atoms. The van der Waals surface area contributed by atoms with Crippen molar-refractivity contribution in [1.29, 1.82) is 0 Å². The Balaban J connectivity index is 1.93. The summed E-state index contributed by atoms with van der Waals surface area (Å²) in [6.07, 6.45) is 0.103. The number of carbonyl (C=O) groups is 3. The largest absolute Gasteiger partial charge is 0.493 e. The van der Waals surface area contributed by atoms with Crippen LogP contribution >= 0.6 is 0 Å². The van der Waals surface area contributed by atoms with Gasteiger partial charge in [0.05, 0.1) is 26.2 Å². The smallest absolute Gasteiger partial charge is 0.335 e. The number of hydrogen-bond donors (Lipinski definition) is 2. The number of fused-ring (bicyclic) bond motifs is 1. The van der Waals surface area contributed by atoms with Gasteiger partial charge in [0.25, 0.3) is 0 Å². The third-order valence-electron chi connectivity index (χ3n) is 5.07. The summed E-state index contributed by atoms with van der Waals surface area (Å²) in [5.74, 6) is -1.05. The number of nitrogens with zero attached hydrogens (tertiary/aromatic N) is 1. The van der Waals surface area contributed by atoms with Gasteiger partial charge in [-0.25, -0.2) is 4.79 Å². The number of carboxylic acids is 1. The van der Waals surface area contributed by atoms with Crippen LogP contribution in [0.25, 0.3) is 0 Å². The molecule has 0 aliphatic carbocycles. The summed E-state index contributed by atoms with van der Waals surface area (Å²) >= 11 is 0. The maximum Gasteiger partial charge on any atom is 0.335 e. The quantitative estimate of drug-likeness (QED) is 0.759. The molecule has 0 aromatic heterocycles. The molecule has 2 amide bonds. The van der Waals surface area contributed by atoms with Crippen LogP contribution in [0.1, 0.15) is 27.0 Å². The molecule has 0 radical (unpaired) electrons. The minimum Gasteiger partial charge on any atom is -0.493 e. The van der Waals surface area contributed by atoms with Gasteiger partial charge in [0.1, 0.15) is 6.04 Å². The van der Waals surface area contributed by atoms with Crippen molar-refractivity contribution in [3.63, 3.8) is 0 Å². The number of nitrogens with two attached hydrogens (primary N) is 1. The van der Waals surface area contributed by atoms with Crippen molar-refractivity contribution in [2.24, 2.45) is 5.73 Å². The van der Waals surface area contributed by atoms with E-state index < -0.39 is 17.9 Å². The lowest BCUT2D eigenvalue weighted by Crippen LogP contribution is -2.51. The Bertz CT molecular complexity index is 972. The molecule has 8 heteroatoms. The number of hydrogen-bond acceptors (Lipinski definition) is 5. The zero-order valence-corrected chi connectivity index (χ0v) is 16.2. The van der Waals surface area contributed by atoms with E-state index in [-0.39, 0.29) is 30.9 Å². The van der Waals surface area contributed by atoms with Gasteiger partial charge < -0.3 is 25.2 Å². The zero-order chi connectivity index (χ0) is 21.1. The van der Waals surface area contributed by atoms with Crippen molar-refractivity contribution < 1.29 is 29.0 Å². The predicted octanol–water partition coefficient (Wildman–Crippen LogP) is 1.38. The number of methoxy groups -OCH3 is 2. The lowest BCUT2D eigenvalue weighted by Gasteiger charge is -2.35. The third kappa shape index (κ3) is 4.01. The second kappa shape index (κ2) is 8.22. The van der Waals surface area contributed by atoms with Gasteiger partial charge in [0.2, 0.25) is 11.8 Å². The molecule has 0 saturated heterocycles. The van der Waals surface area contributed by atoms with Gasteiger partial charge in [0.15, 0.2) is 11.5 Å². The summed E-state index contributed by atoms with van der Waals surface area (Å²) in [5.41, 5.74) is 7.67. The third-order valence-corrected chi connectivity index (χ3v) is 5.07. The summed E-state index contributed by atoms with van der Waals surface area (Å²) in [5, 5.41) is 9.34. The SMILES string of the molecule is COc1cc2c(cc1OC)CN(C(=O)Cc1ccccc1C(=O)O)[C@H](C(N)=O)C2. The summed E-state index contributed by atoms with van der Waals surface area (Å²) in [7, 11) is 3.04.